The van der Waals surface area contributed by atoms with Crippen LogP contribution >= 0.6 is 0 Å². The quantitative estimate of drug-likeness (QED) is 0.692. The fraction of sp³-hybridized carbons (Fsp3) is 0.714. The third-order valence-electron chi connectivity index (χ3n) is 5.73. The summed E-state index contributed by atoms with van der Waals surface area (Å²) < 4.78 is 5.97. The highest BCUT2D eigenvalue weighted by Gasteiger charge is 2.22. The normalized spacial score (nSPS) is 23.0. The van der Waals surface area contributed by atoms with Crippen LogP contribution in [0, 0.1) is 11.8 Å². The molecular weight excluding hydrogens is 282 g/mol. The second-order valence-electron chi connectivity index (χ2n) is 7.85. The minimum atomic E-state index is 0.290. The molecule has 1 aromatic rings. The predicted octanol–water partition coefficient (Wildman–Crippen LogP) is 5.12. The van der Waals surface area contributed by atoms with Crippen molar-refractivity contribution in [2.24, 2.45) is 11.8 Å². The van der Waals surface area contributed by atoms with E-state index in [0.717, 1.165) is 30.7 Å². The molecule has 1 aliphatic rings. The van der Waals surface area contributed by atoms with E-state index in [-0.39, 0.29) is 0 Å². The van der Waals surface area contributed by atoms with Crippen LogP contribution in [0.25, 0.3) is 0 Å². The van der Waals surface area contributed by atoms with E-state index in [1.54, 1.807) is 0 Å². The standard InChI is InChI=1S/C21H35NO/c1-6-21(5,7-2)19-8-10-20(11-9-19)23-13-12-22-15-17(3)14-18(4)16-22/h8-11,17-18H,6-7,12-16H2,1-5H3. The van der Waals surface area contributed by atoms with Crippen LogP contribution in [0.3, 0.4) is 0 Å². The van der Waals surface area contributed by atoms with E-state index in [4.69, 9.17) is 4.74 Å². The molecule has 0 aromatic heterocycles. The number of likely N-dealkylation sites (tertiary alicyclic amines) is 1. The highest BCUT2D eigenvalue weighted by Crippen LogP contribution is 2.31. The third-order valence-corrected chi connectivity index (χ3v) is 5.73. The maximum atomic E-state index is 5.97. The molecule has 2 atom stereocenters. The summed E-state index contributed by atoms with van der Waals surface area (Å²) in [7, 11) is 0. The molecule has 0 N–H and O–H groups in total. The van der Waals surface area contributed by atoms with E-state index < -0.39 is 0 Å². The Kier molecular flexibility index (Phi) is 6.52. The molecule has 0 bridgehead atoms. The highest BCUT2D eigenvalue weighted by atomic mass is 16.5. The zero-order valence-electron chi connectivity index (χ0n) is 15.8. The van der Waals surface area contributed by atoms with Gasteiger partial charge in [0, 0.05) is 19.6 Å². The number of nitrogens with zero attached hydrogens (tertiary/aromatic N) is 1. The van der Waals surface area contributed by atoms with Crippen molar-refractivity contribution >= 4 is 0 Å². The largest absolute Gasteiger partial charge is 0.492 e. The molecule has 2 rings (SSSR count). The zero-order chi connectivity index (χ0) is 16.9. The van der Waals surface area contributed by atoms with Gasteiger partial charge in [-0.05, 0) is 54.2 Å². The Hall–Kier alpha value is -1.02. The van der Waals surface area contributed by atoms with Gasteiger partial charge in [0.1, 0.15) is 12.4 Å². The number of hydrogen-bond donors (Lipinski definition) is 0. The molecule has 1 heterocycles. The van der Waals surface area contributed by atoms with Gasteiger partial charge in [-0.3, -0.25) is 4.90 Å². The Morgan fingerprint density at radius 1 is 1.04 bits per heavy atom. The fourth-order valence-corrected chi connectivity index (χ4v) is 3.88. The number of ether oxygens (including phenoxy) is 1. The van der Waals surface area contributed by atoms with Gasteiger partial charge in [0.25, 0.3) is 0 Å². The minimum Gasteiger partial charge on any atom is -0.492 e. The molecule has 0 amide bonds. The molecule has 1 aromatic carbocycles. The first-order valence-corrected chi connectivity index (χ1v) is 9.42. The van der Waals surface area contributed by atoms with E-state index in [0.29, 0.717) is 5.41 Å². The lowest BCUT2D eigenvalue weighted by atomic mass is 9.78. The van der Waals surface area contributed by atoms with Crippen LogP contribution in [0.15, 0.2) is 24.3 Å². The molecule has 23 heavy (non-hydrogen) atoms. The summed E-state index contributed by atoms with van der Waals surface area (Å²) in [5.41, 5.74) is 1.71. The van der Waals surface area contributed by atoms with Crippen molar-refractivity contribution in [3.63, 3.8) is 0 Å². The summed E-state index contributed by atoms with van der Waals surface area (Å²) >= 11 is 0. The lowest BCUT2D eigenvalue weighted by molar-refractivity contribution is 0.120. The Morgan fingerprint density at radius 3 is 2.13 bits per heavy atom. The van der Waals surface area contributed by atoms with Gasteiger partial charge in [-0.2, -0.15) is 0 Å². The average Bonchev–Trinajstić information content (AvgIpc) is 2.54. The maximum absolute atomic E-state index is 5.97. The van der Waals surface area contributed by atoms with Gasteiger partial charge in [0.15, 0.2) is 0 Å². The maximum Gasteiger partial charge on any atom is 0.119 e. The lowest BCUT2D eigenvalue weighted by Gasteiger charge is -2.34. The van der Waals surface area contributed by atoms with E-state index in [2.05, 4.69) is 63.8 Å². The van der Waals surface area contributed by atoms with Crippen LogP contribution < -0.4 is 4.74 Å². The SMILES string of the molecule is CCC(C)(CC)c1ccc(OCCN2CC(C)CC(C)C2)cc1. The highest BCUT2D eigenvalue weighted by molar-refractivity contribution is 5.31. The summed E-state index contributed by atoms with van der Waals surface area (Å²) in [5, 5.41) is 0. The molecule has 2 unspecified atom stereocenters. The third kappa shape index (κ3) is 4.97. The number of rotatable bonds is 7. The smallest absolute Gasteiger partial charge is 0.119 e. The predicted molar refractivity (Wildman–Crippen MR) is 99.3 cm³/mol. The van der Waals surface area contributed by atoms with Gasteiger partial charge >= 0.3 is 0 Å². The van der Waals surface area contributed by atoms with Crippen LogP contribution in [0.4, 0.5) is 0 Å². The molecule has 0 radical (unpaired) electrons. The van der Waals surface area contributed by atoms with Crippen LogP contribution in [0.2, 0.25) is 0 Å². The molecule has 2 heteroatoms. The average molecular weight is 318 g/mol. The first-order chi connectivity index (χ1) is 11.0. The zero-order valence-corrected chi connectivity index (χ0v) is 15.8. The molecule has 0 aliphatic carbocycles. The summed E-state index contributed by atoms with van der Waals surface area (Å²) in [6.45, 7) is 15.9. The summed E-state index contributed by atoms with van der Waals surface area (Å²) in [4.78, 5) is 2.55. The van der Waals surface area contributed by atoms with Crippen molar-refractivity contribution in [2.75, 3.05) is 26.2 Å². The monoisotopic (exact) mass is 317 g/mol. The van der Waals surface area contributed by atoms with Gasteiger partial charge in [-0.25, -0.2) is 0 Å². The number of piperidine rings is 1. The molecule has 130 valence electrons. The number of benzene rings is 1. The van der Waals surface area contributed by atoms with Gasteiger partial charge in [0.05, 0.1) is 0 Å². The fourth-order valence-electron chi connectivity index (χ4n) is 3.88. The van der Waals surface area contributed by atoms with Gasteiger partial charge in [-0.15, -0.1) is 0 Å². The van der Waals surface area contributed by atoms with E-state index in [1.807, 2.05) is 0 Å². The van der Waals surface area contributed by atoms with Gasteiger partial charge in [-0.1, -0.05) is 46.8 Å². The molecule has 1 aliphatic heterocycles. The van der Waals surface area contributed by atoms with Crippen LogP contribution in [-0.2, 0) is 5.41 Å². The summed E-state index contributed by atoms with van der Waals surface area (Å²) in [5.74, 6) is 2.64. The molecule has 1 saturated heterocycles. The Labute approximate surface area is 143 Å². The molecule has 2 nitrogen and oxygen atoms in total. The number of hydrogen-bond acceptors (Lipinski definition) is 2. The van der Waals surface area contributed by atoms with E-state index in [9.17, 15) is 0 Å². The lowest BCUT2D eigenvalue weighted by Crippen LogP contribution is -2.40. The molecule has 0 spiro atoms. The Bertz CT molecular complexity index is 453. The van der Waals surface area contributed by atoms with Crippen LogP contribution in [0.1, 0.15) is 59.4 Å². The van der Waals surface area contributed by atoms with Crippen LogP contribution in [0.5, 0.6) is 5.75 Å². The second kappa shape index (κ2) is 8.19. The second-order valence-corrected chi connectivity index (χ2v) is 7.85. The van der Waals surface area contributed by atoms with Crippen molar-refractivity contribution < 1.29 is 4.74 Å². The topological polar surface area (TPSA) is 12.5 Å². The Balaban J connectivity index is 1.82. The van der Waals surface area contributed by atoms with Crippen molar-refractivity contribution in [3.8, 4) is 5.75 Å². The van der Waals surface area contributed by atoms with Crippen LogP contribution in [-0.4, -0.2) is 31.1 Å². The van der Waals surface area contributed by atoms with Crippen molar-refractivity contribution in [1.29, 1.82) is 0 Å². The van der Waals surface area contributed by atoms with E-state index in [1.165, 1.54) is 37.9 Å². The first kappa shape index (κ1) is 18.3. The van der Waals surface area contributed by atoms with Gasteiger partial charge in [0.2, 0.25) is 0 Å². The Morgan fingerprint density at radius 2 is 1.61 bits per heavy atom. The molecular formula is C21H35NO. The summed E-state index contributed by atoms with van der Waals surface area (Å²) in [6.07, 6.45) is 3.72. The first-order valence-electron chi connectivity index (χ1n) is 9.42. The molecule has 0 saturated carbocycles. The van der Waals surface area contributed by atoms with Crippen molar-refractivity contribution in [2.45, 2.75) is 59.3 Å². The van der Waals surface area contributed by atoms with Crippen molar-refractivity contribution in [3.05, 3.63) is 29.8 Å². The molecule has 1 fully saturated rings. The summed E-state index contributed by atoms with van der Waals surface area (Å²) in [6, 6.07) is 8.77. The minimum absolute atomic E-state index is 0.290. The van der Waals surface area contributed by atoms with Gasteiger partial charge < -0.3 is 4.74 Å². The van der Waals surface area contributed by atoms with Crippen molar-refractivity contribution in [1.82, 2.24) is 4.90 Å². The van der Waals surface area contributed by atoms with E-state index >= 15 is 0 Å².